The van der Waals surface area contributed by atoms with Crippen LogP contribution in [0, 0.1) is 5.92 Å². The van der Waals surface area contributed by atoms with Crippen LogP contribution in [0.25, 0.3) is 0 Å². The maximum absolute atomic E-state index is 10.9. The number of nitrogens with one attached hydrogen (secondary N) is 1. The molecule has 0 radical (unpaired) electrons. The third kappa shape index (κ3) is 3.33. The molecule has 0 spiro atoms. The lowest BCUT2D eigenvalue weighted by molar-refractivity contribution is -0.140. The Labute approximate surface area is 101 Å². The fraction of sp³-hybridized carbons (Fsp3) is 0.615. The molecule has 1 aromatic rings. The number of methoxy groups -OCH3 is 1. The topological polar surface area (TPSA) is 51.5 Å². The SMILES string of the molecule is COC(=O)CCNCc1ccc(C2CC2C)o1. The van der Waals surface area contributed by atoms with E-state index in [9.17, 15) is 4.79 Å². The van der Waals surface area contributed by atoms with E-state index >= 15 is 0 Å². The Morgan fingerprint density at radius 2 is 2.35 bits per heavy atom. The average molecular weight is 237 g/mol. The zero-order valence-corrected chi connectivity index (χ0v) is 10.4. The summed E-state index contributed by atoms with van der Waals surface area (Å²) in [6, 6.07) is 4.07. The summed E-state index contributed by atoms with van der Waals surface area (Å²) < 4.78 is 10.3. The van der Waals surface area contributed by atoms with Gasteiger partial charge in [0.25, 0.3) is 0 Å². The van der Waals surface area contributed by atoms with E-state index in [1.807, 2.05) is 6.07 Å². The second-order valence-corrected chi connectivity index (χ2v) is 4.63. The lowest BCUT2D eigenvalue weighted by Gasteiger charge is -2.01. The zero-order valence-electron chi connectivity index (χ0n) is 10.4. The first-order valence-electron chi connectivity index (χ1n) is 6.07. The van der Waals surface area contributed by atoms with Gasteiger partial charge in [0.2, 0.25) is 0 Å². The summed E-state index contributed by atoms with van der Waals surface area (Å²) in [6.07, 6.45) is 1.63. The molecule has 1 N–H and O–H groups in total. The number of rotatable bonds is 6. The summed E-state index contributed by atoms with van der Waals surface area (Å²) in [5, 5.41) is 3.16. The van der Waals surface area contributed by atoms with E-state index < -0.39 is 0 Å². The molecule has 0 bridgehead atoms. The van der Waals surface area contributed by atoms with Crippen LogP contribution >= 0.6 is 0 Å². The van der Waals surface area contributed by atoms with Crippen LogP contribution in [0.15, 0.2) is 16.5 Å². The first-order chi connectivity index (χ1) is 8.20. The summed E-state index contributed by atoms with van der Waals surface area (Å²) in [4.78, 5) is 10.9. The van der Waals surface area contributed by atoms with Crippen molar-refractivity contribution in [2.45, 2.75) is 32.2 Å². The molecule has 1 saturated carbocycles. The van der Waals surface area contributed by atoms with Gasteiger partial charge in [0.05, 0.1) is 20.1 Å². The smallest absolute Gasteiger partial charge is 0.306 e. The lowest BCUT2D eigenvalue weighted by atomic mass is 10.3. The number of hydrogen-bond acceptors (Lipinski definition) is 4. The largest absolute Gasteiger partial charge is 0.469 e. The van der Waals surface area contributed by atoms with Crippen LogP contribution in [0.1, 0.15) is 37.2 Å². The van der Waals surface area contributed by atoms with Gasteiger partial charge in [-0.3, -0.25) is 4.79 Å². The Morgan fingerprint density at radius 3 is 3.00 bits per heavy atom. The van der Waals surface area contributed by atoms with Gasteiger partial charge >= 0.3 is 5.97 Å². The first kappa shape index (κ1) is 12.2. The number of carbonyl (C=O) groups is 1. The molecular formula is C13H19NO3. The van der Waals surface area contributed by atoms with Crippen LogP contribution < -0.4 is 5.32 Å². The van der Waals surface area contributed by atoms with Gasteiger partial charge in [0.1, 0.15) is 11.5 Å². The minimum atomic E-state index is -0.190. The van der Waals surface area contributed by atoms with Gasteiger partial charge in [-0.1, -0.05) is 6.92 Å². The predicted octanol–water partition coefficient (Wildman–Crippen LogP) is 2.06. The van der Waals surface area contributed by atoms with Crippen molar-refractivity contribution >= 4 is 5.97 Å². The van der Waals surface area contributed by atoms with E-state index in [0.29, 0.717) is 25.4 Å². The normalized spacial score (nSPS) is 22.5. The Hall–Kier alpha value is -1.29. The molecule has 4 heteroatoms. The maximum Gasteiger partial charge on any atom is 0.306 e. The lowest BCUT2D eigenvalue weighted by Crippen LogP contribution is -2.18. The second kappa shape index (κ2) is 5.36. The highest BCUT2D eigenvalue weighted by atomic mass is 16.5. The summed E-state index contributed by atoms with van der Waals surface area (Å²) in [6.45, 7) is 3.52. The third-order valence-corrected chi connectivity index (χ3v) is 3.19. The van der Waals surface area contributed by atoms with E-state index in [4.69, 9.17) is 4.42 Å². The van der Waals surface area contributed by atoms with E-state index in [-0.39, 0.29) is 5.97 Å². The van der Waals surface area contributed by atoms with Gasteiger partial charge < -0.3 is 14.5 Å². The van der Waals surface area contributed by atoms with Gasteiger partial charge in [-0.15, -0.1) is 0 Å². The van der Waals surface area contributed by atoms with Crippen LogP contribution in [-0.2, 0) is 16.1 Å². The molecule has 94 valence electrons. The van der Waals surface area contributed by atoms with E-state index in [1.54, 1.807) is 0 Å². The van der Waals surface area contributed by atoms with Crippen molar-refractivity contribution in [1.29, 1.82) is 0 Å². The van der Waals surface area contributed by atoms with Crippen LogP contribution in [0.3, 0.4) is 0 Å². The molecular weight excluding hydrogens is 218 g/mol. The number of carbonyl (C=O) groups excluding carboxylic acids is 1. The third-order valence-electron chi connectivity index (χ3n) is 3.19. The zero-order chi connectivity index (χ0) is 12.3. The van der Waals surface area contributed by atoms with Crippen molar-refractivity contribution in [2.24, 2.45) is 5.92 Å². The molecule has 17 heavy (non-hydrogen) atoms. The number of hydrogen-bond donors (Lipinski definition) is 1. The Morgan fingerprint density at radius 1 is 1.59 bits per heavy atom. The van der Waals surface area contributed by atoms with E-state index in [0.717, 1.165) is 17.4 Å². The number of esters is 1. The minimum absolute atomic E-state index is 0.190. The quantitative estimate of drug-likeness (QED) is 0.607. The van der Waals surface area contributed by atoms with Gasteiger partial charge in [-0.05, 0) is 24.5 Å². The van der Waals surface area contributed by atoms with Gasteiger partial charge in [-0.2, -0.15) is 0 Å². The summed E-state index contributed by atoms with van der Waals surface area (Å²) in [5.74, 6) is 3.23. The molecule has 2 atom stereocenters. The van der Waals surface area contributed by atoms with E-state index in [1.165, 1.54) is 13.5 Å². The summed E-state index contributed by atoms with van der Waals surface area (Å²) in [5.41, 5.74) is 0. The number of ether oxygens (including phenoxy) is 1. The second-order valence-electron chi connectivity index (χ2n) is 4.63. The van der Waals surface area contributed by atoms with Crippen molar-refractivity contribution in [2.75, 3.05) is 13.7 Å². The molecule has 1 aromatic heterocycles. The van der Waals surface area contributed by atoms with Crippen molar-refractivity contribution in [3.05, 3.63) is 23.7 Å². The highest BCUT2D eigenvalue weighted by Crippen LogP contribution is 2.47. The predicted molar refractivity (Wildman–Crippen MR) is 63.6 cm³/mol. The highest BCUT2D eigenvalue weighted by Gasteiger charge is 2.36. The minimum Gasteiger partial charge on any atom is -0.469 e. The fourth-order valence-electron chi connectivity index (χ4n) is 1.91. The molecule has 1 fully saturated rings. The molecule has 0 saturated heterocycles. The first-order valence-corrected chi connectivity index (χ1v) is 6.07. The molecule has 1 heterocycles. The Bertz CT molecular complexity index is 386. The van der Waals surface area contributed by atoms with Crippen molar-refractivity contribution in [1.82, 2.24) is 5.32 Å². The van der Waals surface area contributed by atoms with Crippen molar-refractivity contribution in [3.63, 3.8) is 0 Å². The van der Waals surface area contributed by atoms with Gasteiger partial charge in [0.15, 0.2) is 0 Å². The number of furan rings is 1. The van der Waals surface area contributed by atoms with Gasteiger partial charge in [-0.25, -0.2) is 0 Å². The maximum atomic E-state index is 10.9. The summed E-state index contributed by atoms with van der Waals surface area (Å²) >= 11 is 0. The molecule has 0 amide bonds. The van der Waals surface area contributed by atoms with E-state index in [2.05, 4.69) is 23.0 Å². The molecule has 1 aliphatic carbocycles. The van der Waals surface area contributed by atoms with Crippen LogP contribution in [0.5, 0.6) is 0 Å². The molecule has 2 unspecified atom stereocenters. The van der Waals surface area contributed by atoms with Crippen molar-refractivity contribution < 1.29 is 13.9 Å². The average Bonchev–Trinajstić information content (AvgIpc) is 2.89. The molecule has 4 nitrogen and oxygen atoms in total. The van der Waals surface area contributed by atoms with Crippen LogP contribution in [0.2, 0.25) is 0 Å². The monoisotopic (exact) mass is 237 g/mol. The standard InChI is InChI=1S/C13H19NO3/c1-9-7-11(9)12-4-3-10(17-12)8-14-6-5-13(15)16-2/h3-4,9,11,14H,5-8H2,1-2H3. The molecule has 1 aliphatic rings. The molecule has 2 rings (SSSR count). The Kier molecular flexibility index (Phi) is 3.84. The summed E-state index contributed by atoms with van der Waals surface area (Å²) in [7, 11) is 1.40. The highest BCUT2D eigenvalue weighted by molar-refractivity contribution is 5.69. The fourth-order valence-corrected chi connectivity index (χ4v) is 1.91. The van der Waals surface area contributed by atoms with Gasteiger partial charge in [0, 0.05) is 12.5 Å². The van der Waals surface area contributed by atoms with Crippen LogP contribution in [0.4, 0.5) is 0 Å². The van der Waals surface area contributed by atoms with Crippen LogP contribution in [-0.4, -0.2) is 19.6 Å². The molecule has 0 aliphatic heterocycles. The Balaban J connectivity index is 1.69. The van der Waals surface area contributed by atoms with Crippen molar-refractivity contribution in [3.8, 4) is 0 Å². The molecule has 0 aromatic carbocycles.